The number of aliphatic hydroxyl groups is 1. The van der Waals surface area contributed by atoms with Crippen molar-refractivity contribution in [2.75, 3.05) is 32.8 Å². The third kappa shape index (κ3) is 5.67. The minimum Gasteiger partial charge on any atom is -0.450 e. The van der Waals surface area contributed by atoms with Crippen LogP contribution in [-0.2, 0) is 15.9 Å². The molecule has 0 saturated carbocycles. The van der Waals surface area contributed by atoms with Crippen molar-refractivity contribution in [1.29, 1.82) is 0 Å². The summed E-state index contributed by atoms with van der Waals surface area (Å²) in [6.45, 7) is 4.48. The molecule has 2 atom stereocenters. The normalized spacial score (nSPS) is 21.6. The Hall–Kier alpha value is -1.63. The number of fused-ring (bicyclic) bond motifs is 1. The van der Waals surface area contributed by atoms with Gasteiger partial charge in [0.25, 0.3) is 0 Å². The van der Waals surface area contributed by atoms with Crippen molar-refractivity contribution in [2.24, 2.45) is 0 Å². The number of ether oxygens (including phenoxy) is 2. The van der Waals surface area contributed by atoms with E-state index in [0.717, 1.165) is 32.1 Å². The zero-order chi connectivity index (χ0) is 19.1. The van der Waals surface area contributed by atoms with E-state index in [1.54, 1.807) is 4.90 Å². The van der Waals surface area contributed by atoms with E-state index in [9.17, 15) is 9.90 Å². The first-order valence-corrected chi connectivity index (χ1v) is 10.2. The number of hydrogen-bond donors (Lipinski definition) is 2. The SMILES string of the molecule is CCOC(=O)N1CCC(NC[C@H](O)CO[C@H]2CCCc3ccccc32)CC1. The molecule has 1 aromatic rings. The van der Waals surface area contributed by atoms with Gasteiger partial charge in [-0.1, -0.05) is 24.3 Å². The van der Waals surface area contributed by atoms with Crippen molar-refractivity contribution in [2.45, 2.75) is 57.3 Å². The first-order valence-electron chi connectivity index (χ1n) is 10.2. The van der Waals surface area contributed by atoms with Gasteiger partial charge < -0.3 is 24.8 Å². The highest BCUT2D eigenvalue weighted by Gasteiger charge is 2.24. The maximum absolute atomic E-state index is 11.7. The van der Waals surface area contributed by atoms with Crippen LogP contribution >= 0.6 is 0 Å². The number of piperidine rings is 1. The maximum atomic E-state index is 11.7. The number of nitrogens with one attached hydrogen (secondary N) is 1. The Morgan fingerprint density at radius 1 is 1.30 bits per heavy atom. The minimum atomic E-state index is -0.526. The predicted octanol–water partition coefficient (Wildman–Crippen LogP) is 2.65. The Morgan fingerprint density at radius 2 is 2.07 bits per heavy atom. The Kier molecular flexibility index (Phi) is 7.50. The maximum Gasteiger partial charge on any atom is 0.409 e. The van der Waals surface area contributed by atoms with Gasteiger partial charge in [-0.2, -0.15) is 0 Å². The molecule has 0 radical (unpaired) electrons. The van der Waals surface area contributed by atoms with Gasteiger partial charge in [0, 0.05) is 25.7 Å². The molecule has 1 fully saturated rings. The number of rotatable bonds is 7. The monoisotopic (exact) mass is 376 g/mol. The Balaban J connectivity index is 1.35. The molecule has 1 aromatic carbocycles. The molecule has 0 aromatic heterocycles. The molecule has 1 amide bonds. The fourth-order valence-corrected chi connectivity index (χ4v) is 3.95. The van der Waals surface area contributed by atoms with Gasteiger partial charge in [-0.15, -0.1) is 0 Å². The molecule has 1 saturated heterocycles. The summed E-state index contributed by atoms with van der Waals surface area (Å²) in [6.07, 6.45) is 4.37. The van der Waals surface area contributed by atoms with Gasteiger partial charge in [0.2, 0.25) is 0 Å². The third-order valence-corrected chi connectivity index (χ3v) is 5.47. The summed E-state index contributed by atoms with van der Waals surface area (Å²) in [7, 11) is 0. The summed E-state index contributed by atoms with van der Waals surface area (Å²) < 4.78 is 11.1. The van der Waals surface area contributed by atoms with Crippen LogP contribution in [0.2, 0.25) is 0 Å². The molecule has 6 nitrogen and oxygen atoms in total. The highest BCUT2D eigenvalue weighted by molar-refractivity contribution is 5.67. The van der Waals surface area contributed by atoms with Crippen molar-refractivity contribution >= 4 is 6.09 Å². The molecule has 2 N–H and O–H groups in total. The Bertz CT molecular complexity index is 602. The molecule has 27 heavy (non-hydrogen) atoms. The van der Waals surface area contributed by atoms with E-state index < -0.39 is 6.10 Å². The standard InChI is InChI=1S/C21H32N2O4/c1-2-26-21(25)23-12-10-17(11-13-23)22-14-18(24)15-27-20-9-5-7-16-6-3-4-8-19(16)20/h3-4,6,8,17-18,20,22,24H,2,5,7,9-15H2,1H3/t18-,20-/m0/s1. The highest BCUT2D eigenvalue weighted by atomic mass is 16.6. The zero-order valence-corrected chi connectivity index (χ0v) is 16.2. The molecule has 1 aliphatic carbocycles. The number of amides is 1. The quantitative estimate of drug-likeness (QED) is 0.766. The number of likely N-dealkylation sites (tertiary alicyclic amines) is 1. The van der Waals surface area contributed by atoms with Gasteiger partial charge in [0.15, 0.2) is 0 Å². The average Bonchev–Trinajstić information content (AvgIpc) is 2.71. The van der Waals surface area contributed by atoms with E-state index in [4.69, 9.17) is 9.47 Å². The van der Waals surface area contributed by atoms with Crippen LogP contribution in [0.4, 0.5) is 4.79 Å². The average molecular weight is 376 g/mol. The summed E-state index contributed by atoms with van der Waals surface area (Å²) in [6, 6.07) is 8.77. The number of nitrogens with zero attached hydrogens (tertiary/aromatic N) is 1. The summed E-state index contributed by atoms with van der Waals surface area (Å²) in [5, 5.41) is 13.7. The first kappa shape index (κ1) is 20.1. The topological polar surface area (TPSA) is 71.0 Å². The third-order valence-electron chi connectivity index (χ3n) is 5.47. The number of aliphatic hydroxyl groups excluding tert-OH is 1. The first-order chi connectivity index (χ1) is 13.2. The lowest BCUT2D eigenvalue weighted by atomic mass is 9.89. The Morgan fingerprint density at radius 3 is 2.85 bits per heavy atom. The molecule has 0 spiro atoms. The van der Waals surface area contributed by atoms with Crippen molar-refractivity contribution in [3.05, 3.63) is 35.4 Å². The molecule has 0 bridgehead atoms. The largest absolute Gasteiger partial charge is 0.450 e. The number of carbonyl (C=O) groups is 1. The second-order valence-electron chi connectivity index (χ2n) is 7.44. The van der Waals surface area contributed by atoms with Crippen LogP contribution in [0.5, 0.6) is 0 Å². The van der Waals surface area contributed by atoms with E-state index in [2.05, 4.69) is 29.6 Å². The van der Waals surface area contributed by atoms with Crippen LogP contribution < -0.4 is 5.32 Å². The van der Waals surface area contributed by atoms with Crippen LogP contribution in [-0.4, -0.2) is 61.1 Å². The lowest BCUT2D eigenvalue weighted by Crippen LogP contribution is -2.47. The molecule has 0 unspecified atom stereocenters. The number of carbonyl (C=O) groups excluding carboxylic acids is 1. The fourth-order valence-electron chi connectivity index (χ4n) is 3.95. The second-order valence-corrected chi connectivity index (χ2v) is 7.44. The van der Waals surface area contributed by atoms with Gasteiger partial charge in [-0.05, 0) is 50.2 Å². The van der Waals surface area contributed by atoms with E-state index in [1.807, 2.05) is 6.92 Å². The zero-order valence-electron chi connectivity index (χ0n) is 16.2. The molecule has 1 aliphatic heterocycles. The van der Waals surface area contributed by atoms with Gasteiger partial charge >= 0.3 is 6.09 Å². The van der Waals surface area contributed by atoms with Gasteiger partial charge in [-0.25, -0.2) is 4.79 Å². The van der Waals surface area contributed by atoms with E-state index in [-0.39, 0.29) is 12.2 Å². The summed E-state index contributed by atoms with van der Waals surface area (Å²) in [4.78, 5) is 13.5. The summed E-state index contributed by atoms with van der Waals surface area (Å²) in [5.41, 5.74) is 2.64. The minimum absolute atomic E-state index is 0.0948. The van der Waals surface area contributed by atoms with Crippen molar-refractivity contribution in [3.8, 4) is 0 Å². The summed E-state index contributed by atoms with van der Waals surface area (Å²) in [5.74, 6) is 0. The second kappa shape index (κ2) is 10.1. The van der Waals surface area contributed by atoms with Crippen molar-refractivity contribution in [1.82, 2.24) is 10.2 Å². The number of benzene rings is 1. The molecule has 2 aliphatic rings. The van der Waals surface area contributed by atoms with Crippen molar-refractivity contribution in [3.63, 3.8) is 0 Å². The van der Waals surface area contributed by atoms with Crippen LogP contribution in [0.15, 0.2) is 24.3 Å². The molecule has 6 heteroatoms. The van der Waals surface area contributed by atoms with Gasteiger partial charge in [0.05, 0.1) is 25.4 Å². The van der Waals surface area contributed by atoms with Crippen LogP contribution in [0.25, 0.3) is 0 Å². The van der Waals surface area contributed by atoms with Crippen LogP contribution in [0.3, 0.4) is 0 Å². The van der Waals surface area contributed by atoms with E-state index in [0.29, 0.717) is 38.9 Å². The molecule has 1 heterocycles. The lowest BCUT2D eigenvalue weighted by Gasteiger charge is -2.32. The summed E-state index contributed by atoms with van der Waals surface area (Å²) >= 11 is 0. The van der Waals surface area contributed by atoms with Crippen molar-refractivity contribution < 1.29 is 19.4 Å². The molecular formula is C21H32N2O4. The molecule has 150 valence electrons. The van der Waals surface area contributed by atoms with Crippen LogP contribution in [0.1, 0.15) is 49.8 Å². The predicted molar refractivity (Wildman–Crippen MR) is 104 cm³/mol. The molecular weight excluding hydrogens is 344 g/mol. The van der Waals surface area contributed by atoms with Crippen LogP contribution in [0, 0.1) is 0 Å². The Labute approximate surface area is 161 Å². The number of hydrogen-bond acceptors (Lipinski definition) is 5. The lowest BCUT2D eigenvalue weighted by molar-refractivity contribution is -0.0179. The molecule has 3 rings (SSSR count). The van der Waals surface area contributed by atoms with Gasteiger partial charge in [-0.3, -0.25) is 0 Å². The number of aryl methyl sites for hydroxylation is 1. The fraction of sp³-hybridized carbons (Fsp3) is 0.667. The van der Waals surface area contributed by atoms with E-state index >= 15 is 0 Å². The smallest absolute Gasteiger partial charge is 0.409 e. The highest BCUT2D eigenvalue weighted by Crippen LogP contribution is 2.32. The van der Waals surface area contributed by atoms with E-state index in [1.165, 1.54) is 11.1 Å². The van der Waals surface area contributed by atoms with Gasteiger partial charge in [0.1, 0.15) is 0 Å².